The fraction of sp³-hybridized carbons (Fsp3) is 0.500. The molecule has 6 nitrogen and oxygen atoms in total. The van der Waals surface area contributed by atoms with Crippen molar-refractivity contribution in [2.45, 2.75) is 57.0 Å². The largest absolute Gasteiger partial charge is 0.497 e. The fourth-order valence-electron chi connectivity index (χ4n) is 5.52. The first kappa shape index (κ1) is 24.1. The zero-order valence-corrected chi connectivity index (χ0v) is 20.3. The molecule has 2 aromatic carbocycles. The van der Waals surface area contributed by atoms with Gasteiger partial charge in [-0.2, -0.15) is 0 Å². The highest BCUT2D eigenvalue weighted by atomic mass is 16.6. The van der Waals surface area contributed by atoms with E-state index in [0.717, 1.165) is 48.3 Å². The van der Waals surface area contributed by atoms with Crippen molar-refractivity contribution in [3.8, 4) is 17.2 Å². The summed E-state index contributed by atoms with van der Waals surface area (Å²) in [6.45, 7) is 0. The number of benzene rings is 2. The van der Waals surface area contributed by atoms with E-state index in [0.29, 0.717) is 25.0 Å². The maximum atomic E-state index is 13.4. The molecule has 2 fully saturated rings. The van der Waals surface area contributed by atoms with Gasteiger partial charge in [0.2, 0.25) is 0 Å². The predicted molar refractivity (Wildman–Crippen MR) is 128 cm³/mol. The quantitative estimate of drug-likeness (QED) is 0.385. The Hall–Kier alpha value is -3.02. The summed E-state index contributed by atoms with van der Waals surface area (Å²) >= 11 is 0. The van der Waals surface area contributed by atoms with E-state index < -0.39 is 17.5 Å². The van der Waals surface area contributed by atoms with E-state index in [4.69, 9.17) is 18.9 Å². The van der Waals surface area contributed by atoms with Crippen LogP contribution in [0.1, 0.15) is 49.7 Å². The lowest BCUT2D eigenvalue weighted by atomic mass is 9.73. The number of cyclic esters (lactones) is 1. The summed E-state index contributed by atoms with van der Waals surface area (Å²) in [6.07, 6.45) is 6.06. The predicted octanol–water partition coefficient (Wildman–Crippen LogP) is 4.95. The summed E-state index contributed by atoms with van der Waals surface area (Å²) in [5, 5.41) is 0. The second-order valence-corrected chi connectivity index (χ2v) is 9.40. The van der Waals surface area contributed by atoms with Crippen LogP contribution in [0.5, 0.6) is 17.2 Å². The molecule has 2 aliphatic rings. The minimum Gasteiger partial charge on any atom is -0.497 e. The van der Waals surface area contributed by atoms with Gasteiger partial charge in [-0.1, -0.05) is 31.0 Å². The topological polar surface area (TPSA) is 71.1 Å². The Morgan fingerprint density at radius 1 is 0.941 bits per heavy atom. The Balaban J connectivity index is 1.54. The number of rotatable bonds is 9. The van der Waals surface area contributed by atoms with Gasteiger partial charge in [0.15, 0.2) is 5.78 Å². The number of carbonyl (C=O) groups excluding carboxylic acids is 2. The smallest absolute Gasteiger partial charge is 0.317 e. The lowest BCUT2D eigenvalue weighted by Crippen LogP contribution is -2.52. The van der Waals surface area contributed by atoms with Crippen molar-refractivity contribution in [3.63, 3.8) is 0 Å². The van der Waals surface area contributed by atoms with E-state index in [9.17, 15) is 9.59 Å². The molecule has 1 aliphatic heterocycles. The Kier molecular flexibility index (Phi) is 7.44. The van der Waals surface area contributed by atoms with Crippen LogP contribution in [0.3, 0.4) is 0 Å². The zero-order valence-electron chi connectivity index (χ0n) is 20.3. The Bertz CT molecular complexity index is 1010. The maximum absolute atomic E-state index is 13.4. The van der Waals surface area contributed by atoms with E-state index in [1.807, 2.05) is 42.5 Å². The number of carbonyl (C=O) groups is 2. The second-order valence-electron chi connectivity index (χ2n) is 9.40. The van der Waals surface area contributed by atoms with Crippen molar-refractivity contribution >= 4 is 11.8 Å². The average Bonchev–Trinajstić information content (AvgIpc) is 3.41. The van der Waals surface area contributed by atoms with E-state index in [2.05, 4.69) is 0 Å². The van der Waals surface area contributed by atoms with Crippen LogP contribution in [0.25, 0.3) is 0 Å². The molecule has 0 amide bonds. The molecule has 4 rings (SSSR count). The van der Waals surface area contributed by atoms with Crippen LogP contribution < -0.4 is 14.2 Å². The van der Waals surface area contributed by atoms with Gasteiger partial charge in [0.25, 0.3) is 0 Å². The molecule has 1 saturated heterocycles. The molecule has 2 atom stereocenters. The number of ketones is 1. The van der Waals surface area contributed by atoms with Crippen LogP contribution >= 0.6 is 0 Å². The molecule has 1 aliphatic carbocycles. The van der Waals surface area contributed by atoms with Gasteiger partial charge in [-0.25, -0.2) is 0 Å². The fourth-order valence-corrected chi connectivity index (χ4v) is 5.52. The molecule has 182 valence electrons. The van der Waals surface area contributed by atoms with Crippen LogP contribution in [-0.4, -0.2) is 38.7 Å². The van der Waals surface area contributed by atoms with Crippen molar-refractivity contribution in [2.24, 2.45) is 11.8 Å². The number of esters is 1. The zero-order chi connectivity index (χ0) is 24.1. The normalized spacial score (nSPS) is 23.0. The van der Waals surface area contributed by atoms with Gasteiger partial charge in [0.05, 0.1) is 21.3 Å². The number of ether oxygens (including phenoxy) is 4. The number of Topliss-reactive ketones (excluding diaryl/α,β-unsaturated/α-hetero) is 1. The van der Waals surface area contributed by atoms with Crippen molar-refractivity contribution in [1.29, 1.82) is 0 Å². The summed E-state index contributed by atoms with van der Waals surface area (Å²) in [7, 11) is 4.86. The number of methoxy groups -OCH3 is 3. The Morgan fingerprint density at radius 3 is 2.35 bits per heavy atom. The Morgan fingerprint density at radius 2 is 1.68 bits per heavy atom. The van der Waals surface area contributed by atoms with Crippen LogP contribution in [-0.2, 0) is 27.2 Å². The van der Waals surface area contributed by atoms with E-state index in [1.165, 1.54) is 0 Å². The summed E-state index contributed by atoms with van der Waals surface area (Å²) in [5.41, 5.74) is 1.16. The number of hydrogen-bond donors (Lipinski definition) is 0. The highest BCUT2D eigenvalue weighted by molar-refractivity contribution is 6.01. The highest BCUT2D eigenvalue weighted by Gasteiger charge is 2.51. The van der Waals surface area contributed by atoms with E-state index >= 15 is 0 Å². The SMILES string of the molecule is COc1cccc(CC2C(=O)CC(CCc3ccc(OC)cc3OC)(C3CCCC3)OC2=O)c1. The number of hydrogen-bond acceptors (Lipinski definition) is 6. The molecule has 0 N–H and O–H groups in total. The monoisotopic (exact) mass is 466 g/mol. The standard InChI is InChI=1S/C28H34O6/c1-31-22-10-6-7-19(15-22)16-24-25(29)18-28(34-27(24)30,21-8-4-5-9-21)14-13-20-11-12-23(32-2)17-26(20)33-3/h6-7,10-12,15,17,21,24H,4-5,8-9,13-14,16,18H2,1-3H3. The van der Waals surface area contributed by atoms with E-state index in [-0.39, 0.29) is 18.1 Å². The van der Waals surface area contributed by atoms with Gasteiger partial charge >= 0.3 is 5.97 Å². The summed E-state index contributed by atoms with van der Waals surface area (Å²) in [5.74, 6) is 1.21. The average molecular weight is 467 g/mol. The van der Waals surface area contributed by atoms with Gasteiger partial charge in [0.1, 0.15) is 28.8 Å². The van der Waals surface area contributed by atoms with Crippen molar-refractivity contribution in [1.82, 2.24) is 0 Å². The third-order valence-corrected chi connectivity index (χ3v) is 7.44. The van der Waals surface area contributed by atoms with Gasteiger partial charge < -0.3 is 18.9 Å². The molecular formula is C28H34O6. The van der Waals surface area contributed by atoms with Gasteiger partial charge in [0, 0.05) is 12.5 Å². The van der Waals surface area contributed by atoms with Crippen LogP contribution in [0.2, 0.25) is 0 Å². The third kappa shape index (κ3) is 5.06. The third-order valence-electron chi connectivity index (χ3n) is 7.44. The summed E-state index contributed by atoms with van der Waals surface area (Å²) in [6, 6.07) is 13.3. The first-order valence-electron chi connectivity index (χ1n) is 12.1. The Labute approximate surface area is 201 Å². The minimum absolute atomic E-state index is 0.0207. The van der Waals surface area contributed by atoms with Crippen LogP contribution in [0, 0.1) is 11.8 Å². The molecule has 0 radical (unpaired) electrons. The molecule has 0 aromatic heterocycles. The number of aryl methyl sites for hydroxylation is 1. The summed E-state index contributed by atoms with van der Waals surface area (Å²) < 4.78 is 22.4. The molecular weight excluding hydrogens is 432 g/mol. The molecule has 2 aromatic rings. The molecule has 2 unspecified atom stereocenters. The minimum atomic E-state index is -0.767. The maximum Gasteiger partial charge on any atom is 0.317 e. The first-order valence-corrected chi connectivity index (χ1v) is 12.1. The van der Waals surface area contributed by atoms with Crippen LogP contribution in [0.4, 0.5) is 0 Å². The molecule has 1 heterocycles. The molecule has 0 spiro atoms. The van der Waals surface area contributed by atoms with Gasteiger partial charge in [-0.15, -0.1) is 0 Å². The lowest BCUT2D eigenvalue weighted by molar-refractivity contribution is -0.185. The molecule has 1 saturated carbocycles. The highest BCUT2D eigenvalue weighted by Crippen LogP contribution is 2.45. The van der Waals surface area contributed by atoms with Crippen LogP contribution in [0.15, 0.2) is 42.5 Å². The molecule has 34 heavy (non-hydrogen) atoms. The molecule has 6 heteroatoms. The first-order chi connectivity index (χ1) is 16.5. The van der Waals surface area contributed by atoms with Crippen molar-refractivity contribution in [3.05, 3.63) is 53.6 Å². The second kappa shape index (κ2) is 10.5. The van der Waals surface area contributed by atoms with Crippen molar-refractivity contribution in [2.75, 3.05) is 21.3 Å². The van der Waals surface area contributed by atoms with Crippen molar-refractivity contribution < 1.29 is 28.5 Å². The lowest BCUT2D eigenvalue weighted by Gasteiger charge is -2.43. The van der Waals surface area contributed by atoms with Gasteiger partial charge in [-0.3, -0.25) is 9.59 Å². The summed E-state index contributed by atoms with van der Waals surface area (Å²) in [4.78, 5) is 26.6. The molecule has 0 bridgehead atoms. The van der Waals surface area contributed by atoms with E-state index in [1.54, 1.807) is 21.3 Å². The van der Waals surface area contributed by atoms with Gasteiger partial charge in [-0.05, 0) is 67.3 Å².